The fourth-order valence-electron chi connectivity index (χ4n) is 2.55. The van der Waals surface area contributed by atoms with Crippen molar-refractivity contribution in [1.29, 1.82) is 0 Å². The number of rotatable bonds is 4. The molecular weight excluding hydrogens is 244 g/mol. The highest BCUT2D eigenvalue weighted by Gasteiger charge is 2.12. The molecule has 0 saturated carbocycles. The smallest absolute Gasteiger partial charge is 0.167 e. The van der Waals surface area contributed by atoms with Gasteiger partial charge in [0.15, 0.2) is 5.78 Å². The molecule has 0 aliphatic rings. The normalized spacial score (nSPS) is 10.8. The van der Waals surface area contributed by atoms with Crippen LogP contribution in [0.1, 0.15) is 52.4 Å². The zero-order valence-electron chi connectivity index (χ0n) is 12.7. The van der Waals surface area contributed by atoms with Gasteiger partial charge >= 0.3 is 0 Å². The van der Waals surface area contributed by atoms with Gasteiger partial charge in [-0.2, -0.15) is 0 Å². The Labute approximate surface area is 121 Å². The van der Waals surface area contributed by atoms with Crippen LogP contribution >= 0.6 is 0 Å². The zero-order valence-corrected chi connectivity index (χ0v) is 12.7. The third-order valence-corrected chi connectivity index (χ3v) is 3.77. The lowest BCUT2D eigenvalue weighted by molar-refractivity contribution is 0.0992. The summed E-state index contributed by atoms with van der Waals surface area (Å²) in [5, 5.41) is 0. The van der Waals surface area contributed by atoms with E-state index in [1.54, 1.807) is 0 Å². The number of aryl methyl sites for hydroxylation is 2. The van der Waals surface area contributed by atoms with Crippen LogP contribution < -0.4 is 0 Å². The van der Waals surface area contributed by atoms with Crippen LogP contribution in [0.25, 0.3) is 0 Å². The predicted molar refractivity (Wildman–Crippen MR) is 84.5 cm³/mol. The number of benzene rings is 2. The van der Waals surface area contributed by atoms with Crippen molar-refractivity contribution in [3.63, 3.8) is 0 Å². The SMILES string of the molecule is Cc1cccc(C)c1C(=O)Cc1ccc(C(C)C)cc1. The lowest BCUT2D eigenvalue weighted by Gasteiger charge is -2.10. The van der Waals surface area contributed by atoms with E-state index in [4.69, 9.17) is 0 Å². The monoisotopic (exact) mass is 266 g/mol. The van der Waals surface area contributed by atoms with Crippen molar-refractivity contribution in [2.75, 3.05) is 0 Å². The molecule has 0 spiro atoms. The summed E-state index contributed by atoms with van der Waals surface area (Å²) in [5.41, 5.74) is 5.40. The van der Waals surface area contributed by atoms with Crippen molar-refractivity contribution in [3.8, 4) is 0 Å². The average Bonchev–Trinajstić information content (AvgIpc) is 2.39. The quantitative estimate of drug-likeness (QED) is 0.723. The number of carbonyl (C=O) groups excluding carboxylic acids is 1. The van der Waals surface area contributed by atoms with E-state index < -0.39 is 0 Å². The van der Waals surface area contributed by atoms with E-state index in [1.165, 1.54) is 5.56 Å². The predicted octanol–water partition coefficient (Wildman–Crippen LogP) is 4.85. The highest BCUT2D eigenvalue weighted by atomic mass is 16.1. The maximum Gasteiger partial charge on any atom is 0.167 e. The minimum atomic E-state index is 0.206. The van der Waals surface area contributed by atoms with Crippen molar-refractivity contribution < 1.29 is 4.79 Å². The van der Waals surface area contributed by atoms with Gasteiger partial charge < -0.3 is 0 Å². The molecule has 0 unspecified atom stereocenters. The Morgan fingerprint density at radius 2 is 1.50 bits per heavy atom. The van der Waals surface area contributed by atoms with Crippen molar-refractivity contribution in [2.45, 2.75) is 40.0 Å². The minimum Gasteiger partial charge on any atom is -0.294 e. The Balaban J connectivity index is 2.19. The Hall–Kier alpha value is -1.89. The van der Waals surface area contributed by atoms with Crippen LogP contribution in [-0.2, 0) is 6.42 Å². The highest BCUT2D eigenvalue weighted by Crippen LogP contribution is 2.18. The van der Waals surface area contributed by atoms with Crippen LogP contribution in [0.5, 0.6) is 0 Å². The summed E-state index contributed by atoms with van der Waals surface area (Å²) in [5.74, 6) is 0.733. The molecule has 0 atom stereocenters. The van der Waals surface area contributed by atoms with Gasteiger partial charge in [-0.25, -0.2) is 0 Å². The van der Waals surface area contributed by atoms with Crippen LogP contribution in [0.3, 0.4) is 0 Å². The van der Waals surface area contributed by atoms with Crippen LogP contribution in [0.4, 0.5) is 0 Å². The molecule has 20 heavy (non-hydrogen) atoms. The second-order valence-corrected chi connectivity index (χ2v) is 5.76. The molecule has 2 aromatic rings. The third kappa shape index (κ3) is 3.16. The Kier molecular flexibility index (Phi) is 4.39. The molecule has 0 fully saturated rings. The molecule has 1 heteroatoms. The zero-order chi connectivity index (χ0) is 14.7. The van der Waals surface area contributed by atoms with Crippen LogP contribution in [0.15, 0.2) is 42.5 Å². The Morgan fingerprint density at radius 1 is 0.950 bits per heavy atom. The minimum absolute atomic E-state index is 0.206. The molecule has 0 saturated heterocycles. The summed E-state index contributed by atoms with van der Waals surface area (Å²) in [6, 6.07) is 14.4. The van der Waals surface area contributed by atoms with Crippen molar-refractivity contribution in [1.82, 2.24) is 0 Å². The number of hydrogen-bond donors (Lipinski definition) is 0. The summed E-state index contributed by atoms with van der Waals surface area (Å²) in [7, 11) is 0. The van der Waals surface area contributed by atoms with Gasteiger partial charge in [0.25, 0.3) is 0 Å². The summed E-state index contributed by atoms with van der Waals surface area (Å²) >= 11 is 0. The molecule has 1 nitrogen and oxygen atoms in total. The maximum absolute atomic E-state index is 12.5. The van der Waals surface area contributed by atoms with Gasteiger partial charge in [0.2, 0.25) is 0 Å². The molecule has 0 aliphatic heterocycles. The average molecular weight is 266 g/mol. The second kappa shape index (κ2) is 6.04. The van der Waals surface area contributed by atoms with Gasteiger partial charge in [-0.3, -0.25) is 4.79 Å². The van der Waals surface area contributed by atoms with E-state index in [0.29, 0.717) is 12.3 Å². The number of hydrogen-bond acceptors (Lipinski definition) is 1. The lowest BCUT2D eigenvalue weighted by atomic mass is 9.94. The largest absolute Gasteiger partial charge is 0.294 e. The third-order valence-electron chi connectivity index (χ3n) is 3.77. The van der Waals surface area contributed by atoms with Crippen molar-refractivity contribution in [3.05, 3.63) is 70.3 Å². The topological polar surface area (TPSA) is 17.1 Å². The van der Waals surface area contributed by atoms with Crippen LogP contribution in [0, 0.1) is 13.8 Å². The van der Waals surface area contributed by atoms with Crippen LogP contribution in [-0.4, -0.2) is 5.78 Å². The van der Waals surface area contributed by atoms with Gasteiger partial charge in [-0.1, -0.05) is 56.3 Å². The van der Waals surface area contributed by atoms with Crippen molar-refractivity contribution >= 4 is 5.78 Å². The molecule has 0 radical (unpaired) electrons. The molecule has 0 N–H and O–H groups in total. The first kappa shape index (κ1) is 14.5. The van der Waals surface area contributed by atoms with E-state index in [-0.39, 0.29) is 5.78 Å². The fourth-order valence-corrected chi connectivity index (χ4v) is 2.55. The fraction of sp³-hybridized carbons (Fsp3) is 0.316. The molecule has 0 amide bonds. The van der Waals surface area contributed by atoms with Gasteiger partial charge in [0.1, 0.15) is 0 Å². The van der Waals surface area contributed by atoms with E-state index in [9.17, 15) is 4.79 Å². The van der Waals surface area contributed by atoms with E-state index in [1.807, 2.05) is 32.0 Å². The molecule has 0 bridgehead atoms. The summed E-state index contributed by atoms with van der Waals surface area (Å²) in [6.45, 7) is 8.36. The molecule has 2 aromatic carbocycles. The van der Waals surface area contributed by atoms with Gasteiger partial charge in [0.05, 0.1) is 0 Å². The lowest BCUT2D eigenvalue weighted by Crippen LogP contribution is -2.08. The standard InChI is InChI=1S/C19H22O/c1-13(2)17-10-8-16(9-11-17)12-18(20)19-14(3)6-5-7-15(19)4/h5-11,13H,12H2,1-4H3. The molecule has 104 valence electrons. The summed E-state index contributed by atoms with van der Waals surface area (Å²) in [6.07, 6.45) is 0.476. The summed E-state index contributed by atoms with van der Waals surface area (Å²) in [4.78, 5) is 12.5. The first-order chi connectivity index (χ1) is 9.49. The Bertz CT molecular complexity index is 586. The van der Waals surface area contributed by atoms with E-state index >= 15 is 0 Å². The van der Waals surface area contributed by atoms with Gasteiger partial charge in [-0.05, 0) is 42.0 Å². The number of ketones is 1. The number of carbonyl (C=O) groups is 1. The van der Waals surface area contributed by atoms with Gasteiger partial charge in [-0.15, -0.1) is 0 Å². The van der Waals surface area contributed by atoms with E-state index in [0.717, 1.165) is 22.3 Å². The molecule has 0 aromatic heterocycles. The van der Waals surface area contributed by atoms with E-state index in [2.05, 4.69) is 38.1 Å². The van der Waals surface area contributed by atoms with Crippen LogP contribution in [0.2, 0.25) is 0 Å². The molecule has 2 rings (SSSR count). The molecular formula is C19H22O. The summed E-state index contributed by atoms with van der Waals surface area (Å²) < 4.78 is 0. The molecule has 0 aliphatic carbocycles. The first-order valence-electron chi connectivity index (χ1n) is 7.17. The highest BCUT2D eigenvalue weighted by molar-refractivity contribution is 6.00. The Morgan fingerprint density at radius 3 is 2.00 bits per heavy atom. The maximum atomic E-state index is 12.5. The van der Waals surface area contributed by atoms with Crippen molar-refractivity contribution in [2.24, 2.45) is 0 Å². The first-order valence-corrected chi connectivity index (χ1v) is 7.17. The number of Topliss-reactive ketones (excluding diaryl/α,β-unsaturated/α-hetero) is 1. The molecule has 0 heterocycles. The second-order valence-electron chi connectivity index (χ2n) is 5.76. The van der Waals surface area contributed by atoms with Gasteiger partial charge in [0, 0.05) is 12.0 Å².